The van der Waals surface area contributed by atoms with Gasteiger partial charge in [-0.25, -0.2) is 4.98 Å². The second-order valence-electron chi connectivity index (χ2n) is 4.76. The highest BCUT2D eigenvalue weighted by molar-refractivity contribution is 7.83. The van der Waals surface area contributed by atoms with Crippen LogP contribution < -0.4 is 11.5 Å². The van der Waals surface area contributed by atoms with Crippen LogP contribution in [0, 0.1) is 0 Å². The van der Waals surface area contributed by atoms with Gasteiger partial charge in [0.2, 0.25) is 6.41 Å². The minimum atomic E-state index is 0.250. The summed E-state index contributed by atoms with van der Waals surface area (Å²) in [5, 5.41) is 2.16. The predicted molar refractivity (Wildman–Crippen MR) is 117 cm³/mol. The Balaban J connectivity index is 0.000000508. The van der Waals surface area contributed by atoms with Crippen molar-refractivity contribution in [3.05, 3.63) is 53.1 Å². The number of hydrogen-bond donors (Lipinski definition) is 3. The third kappa shape index (κ3) is 11.0. The summed E-state index contributed by atoms with van der Waals surface area (Å²) in [6, 6.07) is 0. The molecule has 2 bridgehead atoms. The highest BCUT2D eigenvalue weighted by Crippen LogP contribution is 2.26. The molecule has 27 heavy (non-hydrogen) atoms. The summed E-state index contributed by atoms with van der Waals surface area (Å²) in [4.78, 5) is 16.5. The summed E-state index contributed by atoms with van der Waals surface area (Å²) in [6.07, 6.45) is 11.7. The van der Waals surface area contributed by atoms with E-state index in [1.54, 1.807) is 11.6 Å². The molecule has 9 heteroatoms. The number of thiol groups is 1. The van der Waals surface area contributed by atoms with E-state index in [9.17, 15) is 0 Å². The van der Waals surface area contributed by atoms with E-state index in [4.69, 9.17) is 15.3 Å². The molecule has 1 saturated heterocycles. The minimum absolute atomic E-state index is 0.250. The molecule has 1 aromatic heterocycles. The van der Waals surface area contributed by atoms with Crippen LogP contribution in [0.4, 0.5) is 5.13 Å². The van der Waals surface area contributed by atoms with Crippen LogP contribution in [-0.2, 0) is 9.53 Å². The summed E-state index contributed by atoms with van der Waals surface area (Å²) >= 11 is 5.18. The van der Waals surface area contributed by atoms with Crippen LogP contribution >= 0.6 is 24.2 Å². The first kappa shape index (κ1) is 24.6. The third-order valence-electron chi connectivity index (χ3n) is 3.05. The molecule has 7 nitrogen and oxygen atoms in total. The second kappa shape index (κ2) is 15.8. The van der Waals surface area contributed by atoms with Crippen molar-refractivity contribution in [2.45, 2.75) is 33.6 Å². The molecule has 0 aromatic carbocycles. The molecule has 0 radical (unpaired) electrons. The third-order valence-corrected chi connectivity index (χ3v) is 3.68. The van der Waals surface area contributed by atoms with Crippen molar-refractivity contribution in [1.29, 1.82) is 0 Å². The lowest BCUT2D eigenvalue weighted by atomic mass is 10.0. The van der Waals surface area contributed by atoms with Gasteiger partial charge in [0.05, 0.1) is 6.61 Å². The van der Waals surface area contributed by atoms with Crippen LogP contribution in [0.25, 0.3) is 0 Å². The van der Waals surface area contributed by atoms with Crippen LogP contribution in [0.3, 0.4) is 0 Å². The van der Waals surface area contributed by atoms with Crippen molar-refractivity contribution in [3.63, 3.8) is 0 Å². The van der Waals surface area contributed by atoms with Gasteiger partial charge >= 0.3 is 0 Å². The molecule has 0 saturated carbocycles. The molecule has 1 aliphatic heterocycles. The summed E-state index contributed by atoms with van der Waals surface area (Å²) in [5.74, 6) is 1.06. The van der Waals surface area contributed by atoms with E-state index in [2.05, 4.69) is 44.9 Å². The Kier molecular flexibility index (Phi) is 14.4. The van der Waals surface area contributed by atoms with Crippen LogP contribution in [-0.4, -0.2) is 28.1 Å². The number of ether oxygens (including phenoxy) is 1. The molecule has 2 heterocycles. The lowest BCUT2D eigenvalue weighted by molar-refractivity contribution is -0.106. The molecule has 1 aromatic rings. The Bertz CT molecular complexity index is 693. The highest BCUT2D eigenvalue weighted by Gasteiger charge is 2.14. The largest absolute Gasteiger partial charge is 0.497 e. The fourth-order valence-corrected chi connectivity index (χ4v) is 2.35. The Labute approximate surface area is 170 Å². The maximum Gasteiger partial charge on any atom is 0.204 e. The number of primary amides is 1. The van der Waals surface area contributed by atoms with Crippen molar-refractivity contribution in [2.75, 3.05) is 12.3 Å². The van der Waals surface area contributed by atoms with E-state index in [0.717, 1.165) is 36.5 Å². The van der Waals surface area contributed by atoms with Gasteiger partial charge in [0.25, 0.3) is 0 Å². The lowest BCUT2D eigenvalue weighted by Crippen LogP contribution is -2.05. The van der Waals surface area contributed by atoms with E-state index in [-0.39, 0.29) is 6.41 Å². The average molecular weight is 410 g/mol. The number of amides is 1. The van der Waals surface area contributed by atoms with Gasteiger partial charge in [-0.05, 0) is 30.1 Å². The summed E-state index contributed by atoms with van der Waals surface area (Å²) < 4.78 is 9.17. The standard InChI is InChI=1S/C13H15NOS.C2H3N3S.C2H6.CH3NO/c1-10(14-5-7-16)12-2-3-13-9-11(8-12)4-6-15-13;3-2-4-1-5-6-2;1-2;2-1-3/h2-3,5,7-8,16H,4,6,9H2,1H3;1H,(H2,3,4,5);1-2H3;1H,(H2,2,3)/b7-5-,14-10?;;;. The monoisotopic (exact) mass is 409 g/mol. The zero-order valence-electron chi connectivity index (χ0n) is 15.8. The summed E-state index contributed by atoms with van der Waals surface area (Å²) in [5.41, 5.74) is 12.9. The number of aromatic nitrogens is 2. The van der Waals surface area contributed by atoms with Crippen molar-refractivity contribution in [1.82, 2.24) is 9.36 Å². The molecule has 1 amide bonds. The Morgan fingerprint density at radius 1 is 1.41 bits per heavy atom. The number of rotatable bonds is 2. The molecule has 2 aliphatic rings. The fourth-order valence-electron chi connectivity index (χ4n) is 1.98. The predicted octanol–water partition coefficient (Wildman–Crippen LogP) is 3.66. The van der Waals surface area contributed by atoms with Gasteiger partial charge in [-0.2, -0.15) is 4.37 Å². The van der Waals surface area contributed by atoms with E-state index in [0.29, 0.717) is 5.13 Å². The smallest absolute Gasteiger partial charge is 0.204 e. The highest BCUT2D eigenvalue weighted by atomic mass is 32.1. The first-order valence-corrected chi connectivity index (χ1v) is 9.64. The first-order valence-electron chi connectivity index (χ1n) is 8.35. The molecule has 0 spiro atoms. The SMILES string of the molecule is CC.CC(=N/C=C\S)C1=CC=C2CC(=C1)CCO2.NC=O.Nc1ncns1. The molecular weight excluding hydrogens is 382 g/mol. The number of carbonyl (C=O) groups excluding carboxylic acids is 1. The lowest BCUT2D eigenvalue weighted by Gasteiger charge is -2.17. The molecule has 0 unspecified atom stereocenters. The number of anilines is 1. The van der Waals surface area contributed by atoms with Crippen molar-refractivity contribution in [2.24, 2.45) is 10.7 Å². The normalized spacial score (nSPS) is 15.0. The number of carbonyl (C=O) groups is 1. The number of allylic oxidation sites excluding steroid dienone is 5. The van der Waals surface area contributed by atoms with Gasteiger partial charge in [-0.15, -0.1) is 12.6 Å². The van der Waals surface area contributed by atoms with Crippen molar-refractivity contribution < 1.29 is 9.53 Å². The van der Waals surface area contributed by atoms with Crippen LogP contribution in [0.15, 0.2) is 58.1 Å². The van der Waals surface area contributed by atoms with Gasteiger partial charge in [0.15, 0.2) is 5.13 Å². The topological polar surface area (TPSA) is 116 Å². The second-order valence-corrected chi connectivity index (χ2v) is 5.87. The number of nitrogen functional groups attached to an aromatic ring is 1. The van der Waals surface area contributed by atoms with Gasteiger partial charge in [-0.1, -0.05) is 25.5 Å². The molecule has 148 valence electrons. The van der Waals surface area contributed by atoms with E-state index >= 15 is 0 Å². The Morgan fingerprint density at radius 2 is 2.11 bits per heavy atom. The maximum absolute atomic E-state index is 8.58. The van der Waals surface area contributed by atoms with Crippen LogP contribution in [0.1, 0.15) is 33.6 Å². The molecular formula is C18H27N5O2S2. The number of fused-ring (bicyclic) bond motifs is 2. The maximum atomic E-state index is 8.58. The number of hydrogen-bond acceptors (Lipinski definition) is 8. The van der Waals surface area contributed by atoms with Crippen LogP contribution in [0.2, 0.25) is 0 Å². The number of nitrogens with two attached hydrogens (primary N) is 2. The number of aliphatic imine (C=N–C) groups is 1. The van der Waals surface area contributed by atoms with Gasteiger partial charge < -0.3 is 16.2 Å². The first-order chi connectivity index (χ1) is 13.1. The fraction of sp³-hybridized carbons (Fsp3) is 0.333. The number of nitrogens with zero attached hydrogens (tertiary/aromatic N) is 3. The quantitative estimate of drug-likeness (QED) is 0.391. The molecule has 3 rings (SSSR count). The molecule has 0 atom stereocenters. The van der Waals surface area contributed by atoms with Crippen LogP contribution in [0.5, 0.6) is 0 Å². The van der Waals surface area contributed by atoms with E-state index in [1.807, 2.05) is 26.8 Å². The summed E-state index contributed by atoms with van der Waals surface area (Å²) in [7, 11) is 0. The molecule has 1 aliphatic carbocycles. The molecule has 1 fully saturated rings. The Morgan fingerprint density at radius 3 is 2.63 bits per heavy atom. The summed E-state index contributed by atoms with van der Waals surface area (Å²) in [6.45, 7) is 6.80. The van der Waals surface area contributed by atoms with Gasteiger partial charge in [0, 0.05) is 36.3 Å². The minimum Gasteiger partial charge on any atom is -0.497 e. The molecule has 4 N–H and O–H groups in total. The average Bonchev–Trinajstić information content (AvgIpc) is 3.11. The van der Waals surface area contributed by atoms with Crippen molar-refractivity contribution in [3.8, 4) is 0 Å². The zero-order valence-corrected chi connectivity index (χ0v) is 17.5. The van der Waals surface area contributed by atoms with E-state index < -0.39 is 0 Å². The van der Waals surface area contributed by atoms with Crippen molar-refractivity contribution >= 4 is 41.4 Å². The zero-order chi connectivity index (χ0) is 20.5. The van der Waals surface area contributed by atoms with Gasteiger partial charge in [-0.3, -0.25) is 9.79 Å². The Hall–Kier alpha value is -2.39. The van der Waals surface area contributed by atoms with E-state index in [1.165, 1.54) is 23.4 Å². The van der Waals surface area contributed by atoms with Gasteiger partial charge in [0.1, 0.15) is 12.1 Å².